The Hall–Kier alpha value is -12.8. The lowest BCUT2D eigenvalue weighted by atomic mass is 9.96. The second-order valence-corrected chi connectivity index (χ2v) is 30.3. The average molecular weight is 1730 g/mol. The summed E-state index contributed by atoms with van der Waals surface area (Å²) in [5.41, 5.74) is 29.2. The number of benzene rings is 3. The van der Waals surface area contributed by atoms with Crippen LogP contribution in [0.15, 0.2) is 102 Å². The molecule has 0 bridgehead atoms. The van der Waals surface area contributed by atoms with E-state index in [0.29, 0.717) is 16.7 Å². The number of nitrogens with zero attached hydrogens (tertiary/aromatic N) is 2. The fourth-order valence-corrected chi connectivity index (χ4v) is 12.4. The van der Waals surface area contributed by atoms with Crippen LogP contribution < -0.4 is 103 Å². The van der Waals surface area contributed by atoms with Crippen molar-refractivity contribution in [2.75, 3.05) is 31.9 Å². The number of nitrogens with one attached hydrogen (secondary N) is 15. The third kappa shape index (κ3) is 37.2. The number of carboxylic acids is 1. The van der Waals surface area contributed by atoms with E-state index < -0.39 is 236 Å². The topological polar surface area (TPSA) is 690 Å². The molecule has 4 aromatic rings. The lowest BCUT2D eigenvalue weighted by molar-refractivity contribution is -0.138. The maximum absolute atomic E-state index is 15.1. The van der Waals surface area contributed by atoms with E-state index in [1.165, 1.54) is 36.8 Å². The van der Waals surface area contributed by atoms with E-state index in [-0.39, 0.29) is 87.0 Å². The summed E-state index contributed by atoms with van der Waals surface area (Å²) >= 11 is 4.12. The number of amides is 16. The number of rotatable bonds is 54. The van der Waals surface area contributed by atoms with Gasteiger partial charge in [-0.05, 0) is 85.6 Å². The van der Waals surface area contributed by atoms with Gasteiger partial charge in [0.05, 0.1) is 37.6 Å². The molecule has 0 saturated carbocycles. The van der Waals surface area contributed by atoms with Crippen molar-refractivity contribution >= 4 is 119 Å². The molecule has 43 heteroatoms. The number of aromatic amines is 1. The normalized spacial score (nSPS) is 14.5. The minimum absolute atomic E-state index is 0.000182. The predicted octanol–water partition coefficient (Wildman–Crippen LogP) is -5.88. The van der Waals surface area contributed by atoms with Crippen LogP contribution in [0.2, 0.25) is 0 Å². The number of primary amides is 2. The number of aliphatic imine (C=N–C) groups is 1. The number of aromatic nitrogens is 2. The summed E-state index contributed by atoms with van der Waals surface area (Å²) in [6, 6.07) is 2.90. The quantitative estimate of drug-likeness (QED) is 0.00847. The molecule has 0 saturated heterocycles. The Morgan fingerprint density at radius 3 is 1.33 bits per heavy atom. The second-order valence-electron chi connectivity index (χ2n) is 29.9. The zero-order valence-corrected chi connectivity index (χ0v) is 69.9. The molecular weight excluding hydrogens is 1610 g/mol. The van der Waals surface area contributed by atoms with Crippen molar-refractivity contribution in [2.24, 2.45) is 51.4 Å². The monoisotopic (exact) mass is 1720 g/mol. The number of imidazole rings is 1. The van der Waals surface area contributed by atoms with Crippen LogP contribution in [0, 0.1) is 17.8 Å². The van der Waals surface area contributed by atoms with Gasteiger partial charge in [-0.15, -0.1) is 0 Å². The summed E-state index contributed by atoms with van der Waals surface area (Å²) in [6.07, 6.45) is -2.35. The summed E-state index contributed by atoms with van der Waals surface area (Å²) in [7, 11) is 0. The number of carbonyl (C=O) groups excluding carboxylic acids is 16. The average Bonchev–Trinajstić information content (AvgIpc) is 1.04. The molecule has 1 aromatic heterocycles. The van der Waals surface area contributed by atoms with Gasteiger partial charge in [-0.2, -0.15) is 12.6 Å². The van der Waals surface area contributed by atoms with Crippen LogP contribution in [0.5, 0.6) is 5.75 Å². The third-order valence-corrected chi connectivity index (χ3v) is 19.2. The maximum atomic E-state index is 15.1. The number of carboxylic acid groups (broad SMARTS) is 1. The number of phenolic OH excluding ortho intramolecular Hbond substituents is 1. The lowest BCUT2D eigenvalue weighted by Gasteiger charge is -2.30. The summed E-state index contributed by atoms with van der Waals surface area (Å²) in [5, 5.41) is 65.3. The van der Waals surface area contributed by atoms with Gasteiger partial charge >= 0.3 is 5.97 Å². The van der Waals surface area contributed by atoms with Crippen LogP contribution in [0.4, 0.5) is 0 Å². The number of hydrogen-bond acceptors (Lipinski definition) is 23. The Bertz CT molecular complexity index is 4220. The summed E-state index contributed by atoms with van der Waals surface area (Å²) < 4.78 is 0. The SMILES string of the molecule is CC[C@H](C)[C@H](NC(=O)[C@H](CC(N)=O)NC(=O)[C@H](Cc1c[nH]cn1)NC(=O)[C@H](Cc1ccc(O)cc1)NC(=O)[C@H](CC(C)C)NC(=O)[C@H](CCC(N)=O)NC(=O)[C@@H](NC(=O)[C@H](CC(C)C)NC(=O)[C@H](CS)NC(=O)CN)[C@@H](C)O)C(=O)N[C@@H](Cc1ccccc1)C(=O)N[C@@H](Cc1ccccc1)C(=O)N[C@@H](CCCN=C(N)N)C(=O)NCC(=O)NCC(=O)O. The highest BCUT2D eigenvalue weighted by atomic mass is 32.1. The fourth-order valence-electron chi connectivity index (χ4n) is 12.2. The molecule has 0 spiro atoms. The van der Waals surface area contributed by atoms with E-state index in [1.54, 1.807) is 102 Å². The first-order chi connectivity index (χ1) is 57.7. The van der Waals surface area contributed by atoms with Crippen molar-refractivity contribution in [3.05, 3.63) is 120 Å². The van der Waals surface area contributed by atoms with Crippen LogP contribution in [0.25, 0.3) is 0 Å². The predicted molar refractivity (Wildman–Crippen MR) is 446 cm³/mol. The first-order valence-corrected chi connectivity index (χ1v) is 40.2. The maximum Gasteiger partial charge on any atom is 0.322 e. The molecule has 668 valence electrons. The molecule has 4 rings (SSSR count). The molecule has 14 atom stereocenters. The van der Waals surface area contributed by atoms with Gasteiger partial charge in [-0.1, -0.05) is 121 Å². The molecule has 0 aliphatic heterocycles. The minimum Gasteiger partial charge on any atom is -0.508 e. The molecule has 1 heterocycles. The van der Waals surface area contributed by atoms with E-state index in [4.69, 9.17) is 33.8 Å². The van der Waals surface area contributed by atoms with Crippen molar-refractivity contribution in [1.82, 2.24) is 84.4 Å². The van der Waals surface area contributed by atoms with Crippen LogP contribution in [0.1, 0.15) is 122 Å². The van der Waals surface area contributed by atoms with Crippen molar-refractivity contribution in [3.63, 3.8) is 0 Å². The Labute approximate surface area is 710 Å². The zero-order chi connectivity index (χ0) is 90.9. The van der Waals surface area contributed by atoms with Crippen LogP contribution >= 0.6 is 12.6 Å². The fraction of sp³-hybridized carbons (Fsp3) is 0.506. The number of nitrogens with two attached hydrogens (primary N) is 5. The van der Waals surface area contributed by atoms with Gasteiger partial charge in [-0.3, -0.25) is 86.5 Å². The number of phenols is 1. The van der Waals surface area contributed by atoms with Crippen LogP contribution in [0.3, 0.4) is 0 Å². The van der Waals surface area contributed by atoms with Gasteiger partial charge in [0, 0.05) is 50.6 Å². The van der Waals surface area contributed by atoms with E-state index in [9.17, 15) is 86.9 Å². The number of thiol groups is 1. The summed E-state index contributed by atoms with van der Waals surface area (Å²) in [5.74, 6) is -19.3. The largest absolute Gasteiger partial charge is 0.508 e. The molecule has 0 fully saturated rings. The Kier molecular flexibility index (Phi) is 43.5. The third-order valence-electron chi connectivity index (χ3n) is 18.8. The number of aliphatic hydroxyl groups is 1. The molecule has 0 radical (unpaired) electrons. The molecule has 0 unspecified atom stereocenters. The van der Waals surface area contributed by atoms with E-state index in [1.807, 2.05) is 0 Å². The molecule has 28 N–H and O–H groups in total. The minimum atomic E-state index is -1.93. The number of carbonyl (C=O) groups is 17. The van der Waals surface area contributed by atoms with Gasteiger partial charge in [0.15, 0.2) is 5.96 Å². The van der Waals surface area contributed by atoms with Gasteiger partial charge in [-0.25, -0.2) is 4.98 Å². The van der Waals surface area contributed by atoms with Crippen molar-refractivity contribution in [1.29, 1.82) is 0 Å². The smallest absolute Gasteiger partial charge is 0.322 e. The van der Waals surface area contributed by atoms with E-state index >= 15 is 4.79 Å². The highest BCUT2D eigenvalue weighted by molar-refractivity contribution is 7.80. The molecule has 0 aliphatic rings. The van der Waals surface area contributed by atoms with Crippen molar-refractivity contribution in [2.45, 2.75) is 204 Å². The Balaban J connectivity index is 1.70. The van der Waals surface area contributed by atoms with Gasteiger partial charge < -0.3 is 123 Å². The molecule has 3 aromatic carbocycles. The Morgan fingerprint density at radius 2 is 0.877 bits per heavy atom. The molecule has 0 aliphatic carbocycles. The number of H-pyrrole nitrogens is 1. The van der Waals surface area contributed by atoms with Gasteiger partial charge in [0.25, 0.3) is 0 Å². The molecular formula is C79H116N22O20S. The summed E-state index contributed by atoms with van der Waals surface area (Å²) in [4.78, 5) is 246. The Morgan fingerprint density at radius 1 is 0.459 bits per heavy atom. The number of aliphatic carboxylic acids is 1. The first kappa shape index (κ1) is 102. The number of guanidine groups is 1. The molecule has 16 amide bonds. The zero-order valence-electron chi connectivity index (χ0n) is 69.0. The van der Waals surface area contributed by atoms with Crippen molar-refractivity contribution in [3.8, 4) is 5.75 Å². The van der Waals surface area contributed by atoms with E-state index in [2.05, 4.69) is 102 Å². The summed E-state index contributed by atoms with van der Waals surface area (Å²) in [6.45, 7) is 9.30. The van der Waals surface area contributed by atoms with Crippen LogP contribution in [-0.4, -0.2) is 242 Å². The second kappa shape index (κ2) is 52.3. The van der Waals surface area contributed by atoms with Crippen molar-refractivity contribution < 1.29 is 96.8 Å². The highest BCUT2D eigenvalue weighted by Crippen LogP contribution is 2.18. The highest BCUT2D eigenvalue weighted by Gasteiger charge is 2.40. The molecule has 42 nitrogen and oxygen atoms in total. The standard InChI is InChI=1S/C79H116N22O20S/c1-8-43(6)65(77(120)99-56(31-46-18-13-10-14-19-46)72(115)96-54(30-45-16-11-9-12-17-45)70(113)91-50(20-15-27-86-79(83)84)67(110)88-37-63(107)87-38-64(108)109)100-75(118)58(34-61(82)105)98-73(116)57(33-48-36-85-40-89-48)97-71(114)55(32-47-21-23-49(103)24-22-47)95-69(112)52(28-41(2)3)93-68(111)51(25-26-60(81)104)92-78(121)66(44(7)102)101-74(117)53(29-42(4)5)94-76(119)59(39-122)90-62(106)35-80/h9-14,16-19,21-24,36,40-44,50-59,65-66,102-103,122H,8,15,20,25-35,37-39,80H2,1-7H3,(H2,81,104)(H2,82,105)(H,85,89)(H,87,107)(H,88,110)(H,90,106)(H,91,113)(H,92,121)(H,93,111)(H,94,119)(H,95,112)(H,96,115)(H,97,114)(H,98,116)(H,99,120)(H,100,118)(H,101,117)(H,108,109)(H4,83,84,86)/t43-,44+,50-,51-,52-,53-,54-,55-,56-,57-,58-,59-,65-,66-/m0/s1. The van der Waals surface area contributed by atoms with Crippen LogP contribution in [-0.2, 0) is 107 Å². The number of aromatic hydroxyl groups is 1. The number of hydrogen-bond donors (Lipinski definition) is 24. The van der Waals surface area contributed by atoms with Gasteiger partial charge in [0.2, 0.25) is 94.5 Å². The van der Waals surface area contributed by atoms with E-state index in [0.717, 1.165) is 6.92 Å². The number of aliphatic hydroxyl groups excluding tert-OH is 1. The first-order valence-electron chi connectivity index (χ1n) is 39.5. The lowest BCUT2D eigenvalue weighted by Crippen LogP contribution is -2.62. The van der Waals surface area contributed by atoms with Gasteiger partial charge in [0.1, 0.15) is 84.8 Å². The molecule has 122 heavy (non-hydrogen) atoms.